The van der Waals surface area contributed by atoms with Gasteiger partial charge in [0.1, 0.15) is 0 Å². The third-order valence-corrected chi connectivity index (χ3v) is 4.30. The second-order valence-electron chi connectivity index (χ2n) is 5.58. The van der Waals surface area contributed by atoms with Gasteiger partial charge in [-0.15, -0.1) is 0 Å². The van der Waals surface area contributed by atoms with Crippen molar-refractivity contribution in [1.82, 2.24) is 10.2 Å². The van der Waals surface area contributed by atoms with Crippen LogP contribution in [0.2, 0.25) is 0 Å². The fraction of sp³-hybridized carbons (Fsp3) is 1.00. The topological polar surface area (TPSA) is 15.3 Å². The van der Waals surface area contributed by atoms with E-state index in [9.17, 15) is 0 Å². The van der Waals surface area contributed by atoms with E-state index in [2.05, 4.69) is 17.1 Å². The molecule has 1 heterocycles. The Balaban J connectivity index is 1.69. The van der Waals surface area contributed by atoms with Crippen LogP contribution in [0.5, 0.6) is 0 Å². The van der Waals surface area contributed by atoms with Gasteiger partial charge < -0.3 is 5.32 Å². The summed E-state index contributed by atoms with van der Waals surface area (Å²) in [6, 6.07) is 1.69. The second kappa shape index (κ2) is 6.61. The lowest BCUT2D eigenvalue weighted by Crippen LogP contribution is -2.49. The minimum atomic E-state index is 0.834. The van der Waals surface area contributed by atoms with Crippen molar-refractivity contribution in [3.05, 3.63) is 0 Å². The van der Waals surface area contributed by atoms with E-state index >= 15 is 0 Å². The molecule has 1 aliphatic heterocycles. The summed E-state index contributed by atoms with van der Waals surface area (Å²) in [4.78, 5) is 2.73. The molecule has 0 aromatic rings. The van der Waals surface area contributed by atoms with Crippen LogP contribution in [0.4, 0.5) is 0 Å². The van der Waals surface area contributed by atoms with Crippen molar-refractivity contribution in [2.24, 2.45) is 0 Å². The Labute approximate surface area is 101 Å². The van der Waals surface area contributed by atoms with Gasteiger partial charge in [-0.1, -0.05) is 26.2 Å². The smallest absolute Gasteiger partial charge is 0.0220 e. The van der Waals surface area contributed by atoms with E-state index in [-0.39, 0.29) is 0 Å². The lowest BCUT2D eigenvalue weighted by molar-refractivity contribution is 0.136. The molecule has 1 atom stereocenters. The van der Waals surface area contributed by atoms with E-state index in [1.807, 2.05) is 0 Å². The Bertz CT molecular complexity index is 189. The summed E-state index contributed by atoms with van der Waals surface area (Å²) in [5, 5.41) is 3.75. The predicted octanol–water partition coefficient (Wildman–Crippen LogP) is 2.78. The molecule has 2 rings (SSSR count). The number of likely N-dealkylation sites (tertiary alicyclic amines) is 1. The van der Waals surface area contributed by atoms with Crippen LogP contribution in [-0.4, -0.2) is 36.6 Å². The van der Waals surface area contributed by atoms with E-state index in [0.29, 0.717) is 0 Å². The third-order valence-electron chi connectivity index (χ3n) is 4.30. The number of hydrogen-bond donors (Lipinski definition) is 1. The SMILES string of the molecule is CCCCN1CCCCC1CNC1CCC1. The molecule has 2 aliphatic rings. The first-order chi connectivity index (χ1) is 7.90. The predicted molar refractivity (Wildman–Crippen MR) is 69.8 cm³/mol. The number of nitrogens with zero attached hydrogens (tertiary/aromatic N) is 1. The molecule has 2 fully saturated rings. The Morgan fingerprint density at radius 1 is 1.12 bits per heavy atom. The van der Waals surface area contributed by atoms with Crippen LogP contribution in [0.3, 0.4) is 0 Å². The van der Waals surface area contributed by atoms with Gasteiger partial charge in [-0.3, -0.25) is 4.90 Å². The molecule has 0 bridgehead atoms. The molecule has 1 saturated carbocycles. The highest BCUT2D eigenvalue weighted by atomic mass is 15.2. The average molecular weight is 224 g/mol. The monoisotopic (exact) mass is 224 g/mol. The summed E-state index contributed by atoms with van der Waals surface area (Å²) in [6.07, 6.45) is 11.3. The molecule has 1 aliphatic carbocycles. The highest BCUT2D eigenvalue weighted by Gasteiger charge is 2.24. The number of rotatable bonds is 6. The third kappa shape index (κ3) is 3.46. The van der Waals surface area contributed by atoms with Crippen molar-refractivity contribution < 1.29 is 0 Å². The molecule has 1 unspecified atom stereocenters. The van der Waals surface area contributed by atoms with Gasteiger partial charge in [0.15, 0.2) is 0 Å². The van der Waals surface area contributed by atoms with Crippen molar-refractivity contribution in [3.63, 3.8) is 0 Å². The molecular formula is C14H28N2. The number of unbranched alkanes of at least 4 members (excludes halogenated alkanes) is 1. The Morgan fingerprint density at radius 3 is 2.69 bits per heavy atom. The van der Waals surface area contributed by atoms with Gasteiger partial charge in [-0.25, -0.2) is 0 Å². The van der Waals surface area contributed by atoms with Gasteiger partial charge >= 0.3 is 0 Å². The van der Waals surface area contributed by atoms with Crippen LogP contribution < -0.4 is 5.32 Å². The molecule has 0 radical (unpaired) electrons. The zero-order valence-electron chi connectivity index (χ0n) is 10.9. The largest absolute Gasteiger partial charge is 0.312 e. The summed E-state index contributed by atoms with van der Waals surface area (Å²) in [5.74, 6) is 0. The summed E-state index contributed by atoms with van der Waals surface area (Å²) in [6.45, 7) is 6.21. The summed E-state index contributed by atoms with van der Waals surface area (Å²) >= 11 is 0. The average Bonchev–Trinajstić information content (AvgIpc) is 2.26. The maximum atomic E-state index is 3.75. The van der Waals surface area contributed by atoms with E-state index in [1.165, 1.54) is 71.0 Å². The molecule has 94 valence electrons. The summed E-state index contributed by atoms with van der Waals surface area (Å²) in [5.41, 5.74) is 0. The van der Waals surface area contributed by atoms with Crippen molar-refractivity contribution in [3.8, 4) is 0 Å². The molecule has 1 N–H and O–H groups in total. The van der Waals surface area contributed by atoms with E-state index in [4.69, 9.17) is 0 Å². The van der Waals surface area contributed by atoms with Crippen LogP contribution in [0.25, 0.3) is 0 Å². The van der Waals surface area contributed by atoms with Crippen molar-refractivity contribution in [2.45, 2.75) is 70.4 Å². The van der Waals surface area contributed by atoms with Gasteiger partial charge in [-0.2, -0.15) is 0 Å². The molecule has 0 aromatic carbocycles. The van der Waals surface area contributed by atoms with Crippen LogP contribution in [0.15, 0.2) is 0 Å². The number of nitrogens with one attached hydrogen (secondary N) is 1. The highest BCUT2D eigenvalue weighted by Crippen LogP contribution is 2.20. The second-order valence-corrected chi connectivity index (χ2v) is 5.58. The Morgan fingerprint density at radius 2 is 2.00 bits per heavy atom. The van der Waals surface area contributed by atoms with E-state index in [0.717, 1.165) is 12.1 Å². The lowest BCUT2D eigenvalue weighted by Gasteiger charge is -2.38. The quantitative estimate of drug-likeness (QED) is 0.746. The van der Waals surface area contributed by atoms with Crippen molar-refractivity contribution >= 4 is 0 Å². The maximum absolute atomic E-state index is 3.75. The number of hydrogen-bond acceptors (Lipinski definition) is 2. The standard InChI is InChI=1S/C14H28N2/c1-2-3-10-16-11-5-4-9-14(16)12-15-13-7-6-8-13/h13-15H,2-12H2,1H3. The van der Waals surface area contributed by atoms with Crippen LogP contribution in [-0.2, 0) is 0 Å². The van der Waals surface area contributed by atoms with Gasteiger partial charge in [0.05, 0.1) is 0 Å². The fourth-order valence-electron chi connectivity index (χ4n) is 2.86. The van der Waals surface area contributed by atoms with Gasteiger partial charge in [0.2, 0.25) is 0 Å². The van der Waals surface area contributed by atoms with Crippen molar-refractivity contribution in [1.29, 1.82) is 0 Å². The fourth-order valence-corrected chi connectivity index (χ4v) is 2.86. The number of piperidine rings is 1. The molecule has 0 amide bonds. The molecule has 1 saturated heterocycles. The normalized spacial score (nSPS) is 27.9. The Hall–Kier alpha value is -0.0800. The molecule has 0 spiro atoms. The summed E-state index contributed by atoms with van der Waals surface area (Å²) in [7, 11) is 0. The first-order valence-electron chi connectivity index (χ1n) is 7.37. The first-order valence-corrected chi connectivity index (χ1v) is 7.37. The van der Waals surface area contributed by atoms with Crippen LogP contribution >= 0.6 is 0 Å². The van der Waals surface area contributed by atoms with Crippen LogP contribution in [0.1, 0.15) is 58.3 Å². The van der Waals surface area contributed by atoms with Gasteiger partial charge in [0, 0.05) is 18.6 Å². The zero-order valence-corrected chi connectivity index (χ0v) is 10.9. The molecule has 0 aromatic heterocycles. The van der Waals surface area contributed by atoms with Gasteiger partial charge in [-0.05, 0) is 45.2 Å². The van der Waals surface area contributed by atoms with Crippen molar-refractivity contribution in [2.75, 3.05) is 19.6 Å². The van der Waals surface area contributed by atoms with E-state index in [1.54, 1.807) is 0 Å². The minimum absolute atomic E-state index is 0.834. The zero-order chi connectivity index (χ0) is 11.2. The first kappa shape index (κ1) is 12.4. The molecule has 2 nitrogen and oxygen atoms in total. The van der Waals surface area contributed by atoms with E-state index < -0.39 is 0 Å². The maximum Gasteiger partial charge on any atom is 0.0220 e. The lowest BCUT2D eigenvalue weighted by atomic mass is 9.92. The Kier molecular flexibility index (Phi) is 5.11. The molecular weight excluding hydrogens is 196 g/mol. The highest BCUT2D eigenvalue weighted by molar-refractivity contribution is 4.83. The molecule has 2 heteroatoms. The van der Waals surface area contributed by atoms with Gasteiger partial charge in [0.25, 0.3) is 0 Å². The summed E-state index contributed by atoms with van der Waals surface area (Å²) < 4.78 is 0. The molecule has 16 heavy (non-hydrogen) atoms. The minimum Gasteiger partial charge on any atom is -0.312 e. The van der Waals surface area contributed by atoms with Crippen LogP contribution in [0, 0.1) is 0 Å².